The van der Waals surface area contributed by atoms with Crippen molar-refractivity contribution in [3.63, 3.8) is 0 Å². The molecule has 2 N–H and O–H groups in total. The number of hydrogen-bond acceptors (Lipinski definition) is 4. The predicted molar refractivity (Wildman–Crippen MR) is 52.1 cm³/mol. The minimum atomic E-state index is 0.0646. The van der Waals surface area contributed by atoms with Gasteiger partial charge < -0.3 is 20.1 Å². The molecule has 1 saturated heterocycles. The van der Waals surface area contributed by atoms with Crippen LogP contribution >= 0.6 is 0 Å². The highest BCUT2D eigenvalue weighted by atomic mass is 16.5. The zero-order chi connectivity index (χ0) is 10.2. The van der Waals surface area contributed by atoms with Crippen molar-refractivity contribution >= 4 is 5.91 Å². The Hall–Kier alpha value is -0.650. The fraction of sp³-hybridized carbons (Fsp3) is 0.889. The van der Waals surface area contributed by atoms with Gasteiger partial charge in [-0.05, 0) is 0 Å². The van der Waals surface area contributed by atoms with Crippen molar-refractivity contribution in [3.8, 4) is 0 Å². The van der Waals surface area contributed by atoms with Crippen LogP contribution in [0.2, 0.25) is 0 Å². The van der Waals surface area contributed by atoms with E-state index in [-0.39, 0.29) is 5.91 Å². The van der Waals surface area contributed by atoms with Gasteiger partial charge in [-0.1, -0.05) is 0 Å². The van der Waals surface area contributed by atoms with Crippen molar-refractivity contribution in [2.45, 2.75) is 12.5 Å². The number of rotatable bonds is 7. The number of amides is 1. The maximum Gasteiger partial charge on any atom is 0.221 e. The Morgan fingerprint density at radius 3 is 2.86 bits per heavy atom. The van der Waals surface area contributed by atoms with Crippen molar-refractivity contribution < 1.29 is 14.3 Å². The predicted octanol–water partition coefficient (Wildman–Crippen LogP) is -0.872. The number of carbonyl (C=O) groups is 1. The van der Waals surface area contributed by atoms with Gasteiger partial charge in [0.2, 0.25) is 5.91 Å². The van der Waals surface area contributed by atoms with Crippen LogP contribution < -0.4 is 10.6 Å². The van der Waals surface area contributed by atoms with E-state index in [1.54, 1.807) is 7.11 Å². The zero-order valence-corrected chi connectivity index (χ0v) is 8.54. The molecule has 0 unspecified atom stereocenters. The van der Waals surface area contributed by atoms with Crippen molar-refractivity contribution in [1.29, 1.82) is 0 Å². The Labute approximate surface area is 84.1 Å². The summed E-state index contributed by atoms with van der Waals surface area (Å²) in [5.74, 6) is 0.0646. The highest BCUT2D eigenvalue weighted by Gasteiger charge is 2.16. The fourth-order valence-electron chi connectivity index (χ4n) is 1.12. The van der Waals surface area contributed by atoms with Crippen LogP contribution in [0.1, 0.15) is 6.42 Å². The second-order valence-electron chi connectivity index (χ2n) is 3.28. The van der Waals surface area contributed by atoms with Crippen LogP contribution in [0.25, 0.3) is 0 Å². The van der Waals surface area contributed by atoms with E-state index in [4.69, 9.17) is 9.47 Å². The normalized spacial score (nSPS) is 16.4. The average molecular weight is 202 g/mol. The van der Waals surface area contributed by atoms with Crippen LogP contribution in [0.5, 0.6) is 0 Å². The molecule has 0 spiro atoms. The Balaban J connectivity index is 1.86. The van der Waals surface area contributed by atoms with Crippen LogP contribution in [0.3, 0.4) is 0 Å². The third-order valence-electron chi connectivity index (χ3n) is 2.05. The van der Waals surface area contributed by atoms with E-state index < -0.39 is 0 Å². The molecule has 5 heteroatoms. The smallest absolute Gasteiger partial charge is 0.221 e. The summed E-state index contributed by atoms with van der Waals surface area (Å²) < 4.78 is 9.81. The van der Waals surface area contributed by atoms with Gasteiger partial charge in [0.1, 0.15) is 0 Å². The number of hydrogen-bond donors (Lipinski definition) is 2. The molecule has 1 rings (SSSR count). The molecule has 0 radical (unpaired) electrons. The molecule has 5 nitrogen and oxygen atoms in total. The Bertz CT molecular complexity index is 171. The van der Waals surface area contributed by atoms with Gasteiger partial charge in [0.15, 0.2) is 0 Å². The number of ether oxygens (including phenoxy) is 2. The fourth-order valence-corrected chi connectivity index (χ4v) is 1.12. The summed E-state index contributed by atoms with van der Waals surface area (Å²) in [6.07, 6.45) is 0.514. The minimum absolute atomic E-state index is 0.0646. The first kappa shape index (κ1) is 11.4. The second kappa shape index (κ2) is 6.75. The molecule has 0 aromatic rings. The number of methoxy groups -OCH3 is 1. The molecular formula is C9H18N2O3. The van der Waals surface area contributed by atoms with Crippen LogP contribution in [-0.4, -0.2) is 52.0 Å². The van der Waals surface area contributed by atoms with E-state index in [1.165, 1.54) is 0 Å². The lowest BCUT2D eigenvalue weighted by atomic mass is 10.2. The summed E-state index contributed by atoms with van der Waals surface area (Å²) in [4.78, 5) is 11.2. The van der Waals surface area contributed by atoms with Gasteiger partial charge in [0.05, 0.1) is 25.9 Å². The van der Waals surface area contributed by atoms with Crippen LogP contribution in [-0.2, 0) is 14.3 Å². The molecule has 0 aromatic carbocycles. The lowest BCUT2D eigenvalue weighted by molar-refractivity contribution is -0.121. The highest BCUT2D eigenvalue weighted by Crippen LogP contribution is 1.98. The molecule has 1 aliphatic heterocycles. The Morgan fingerprint density at radius 1 is 1.50 bits per heavy atom. The average Bonchev–Trinajstić information content (AvgIpc) is 2.10. The largest absolute Gasteiger partial charge is 0.383 e. The molecular weight excluding hydrogens is 184 g/mol. The van der Waals surface area contributed by atoms with Gasteiger partial charge in [-0.3, -0.25) is 4.79 Å². The van der Waals surface area contributed by atoms with Gasteiger partial charge in [-0.25, -0.2) is 0 Å². The van der Waals surface area contributed by atoms with Crippen molar-refractivity contribution in [3.05, 3.63) is 0 Å². The molecule has 0 atom stereocenters. The lowest BCUT2D eigenvalue weighted by Crippen LogP contribution is -2.47. The van der Waals surface area contributed by atoms with E-state index >= 15 is 0 Å². The van der Waals surface area contributed by atoms with Crippen LogP contribution in [0, 0.1) is 0 Å². The first-order chi connectivity index (χ1) is 6.83. The Morgan fingerprint density at radius 2 is 2.29 bits per heavy atom. The van der Waals surface area contributed by atoms with E-state index in [2.05, 4.69) is 10.6 Å². The molecule has 0 saturated carbocycles. The van der Waals surface area contributed by atoms with Gasteiger partial charge in [-0.15, -0.1) is 0 Å². The molecule has 14 heavy (non-hydrogen) atoms. The summed E-state index contributed by atoms with van der Waals surface area (Å²) in [6, 6.07) is 0.446. The number of carbonyl (C=O) groups excluding carboxylic acids is 1. The molecule has 0 aliphatic carbocycles. The maximum atomic E-state index is 11.2. The summed E-state index contributed by atoms with van der Waals surface area (Å²) in [6.45, 7) is 3.40. The SMILES string of the molecule is COCCNC(=O)CCNC1COC1. The quantitative estimate of drug-likeness (QED) is 0.527. The van der Waals surface area contributed by atoms with E-state index in [9.17, 15) is 4.79 Å². The zero-order valence-electron chi connectivity index (χ0n) is 8.54. The Kier molecular flexibility index (Phi) is 5.51. The summed E-state index contributed by atoms with van der Waals surface area (Å²) in [7, 11) is 1.62. The van der Waals surface area contributed by atoms with Crippen LogP contribution in [0.4, 0.5) is 0 Å². The van der Waals surface area contributed by atoms with Gasteiger partial charge in [-0.2, -0.15) is 0 Å². The minimum Gasteiger partial charge on any atom is -0.383 e. The monoisotopic (exact) mass is 202 g/mol. The first-order valence-corrected chi connectivity index (χ1v) is 4.89. The lowest BCUT2D eigenvalue weighted by Gasteiger charge is -2.26. The first-order valence-electron chi connectivity index (χ1n) is 4.89. The summed E-state index contributed by atoms with van der Waals surface area (Å²) in [5, 5.41) is 5.98. The third kappa shape index (κ3) is 4.55. The van der Waals surface area contributed by atoms with E-state index in [1.807, 2.05) is 0 Å². The van der Waals surface area contributed by atoms with Crippen molar-refractivity contribution in [2.24, 2.45) is 0 Å². The molecule has 0 bridgehead atoms. The second-order valence-corrected chi connectivity index (χ2v) is 3.28. The van der Waals surface area contributed by atoms with Gasteiger partial charge in [0.25, 0.3) is 0 Å². The van der Waals surface area contributed by atoms with E-state index in [0.717, 1.165) is 13.2 Å². The summed E-state index contributed by atoms with van der Waals surface area (Å²) in [5.41, 5.74) is 0. The van der Waals surface area contributed by atoms with Crippen LogP contribution in [0.15, 0.2) is 0 Å². The number of nitrogens with one attached hydrogen (secondary N) is 2. The van der Waals surface area contributed by atoms with Crippen molar-refractivity contribution in [2.75, 3.05) is 40.0 Å². The molecule has 1 heterocycles. The van der Waals surface area contributed by atoms with Crippen molar-refractivity contribution in [1.82, 2.24) is 10.6 Å². The molecule has 82 valence electrons. The standard InChI is InChI=1S/C9H18N2O3/c1-13-5-4-11-9(12)2-3-10-8-6-14-7-8/h8,10H,2-7H2,1H3,(H,11,12). The molecule has 1 amide bonds. The molecule has 1 aliphatic rings. The van der Waals surface area contributed by atoms with E-state index in [0.29, 0.717) is 32.2 Å². The van der Waals surface area contributed by atoms with Gasteiger partial charge >= 0.3 is 0 Å². The topological polar surface area (TPSA) is 59.6 Å². The van der Waals surface area contributed by atoms with Gasteiger partial charge in [0, 0.05) is 26.6 Å². The molecule has 1 fully saturated rings. The third-order valence-corrected chi connectivity index (χ3v) is 2.05. The highest BCUT2D eigenvalue weighted by molar-refractivity contribution is 5.76. The maximum absolute atomic E-state index is 11.2. The summed E-state index contributed by atoms with van der Waals surface area (Å²) >= 11 is 0. The molecule has 0 aromatic heterocycles.